The van der Waals surface area contributed by atoms with Crippen molar-refractivity contribution in [2.45, 2.75) is 57.8 Å². The Kier molecular flexibility index (Phi) is 4.27. The summed E-state index contributed by atoms with van der Waals surface area (Å²) in [6.07, 6.45) is 9.84. The summed E-state index contributed by atoms with van der Waals surface area (Å²) in [4.78, 5) is 14.4. The second-order valence-electron chi connectivity index (χ2n) is 6.09. The number of amides is 1. The van der Waals surface area contributed by atoms with Crippen molar-refractivity contribution >= 4 is 5.91 Å². The lowest BCUT2D eigenvalue weighted by molar-refractivity contribution is -0.139. The number of rotatable bonds is 3. The molecule has 0 spiro atoms. The van der Waals surface area contributed by atoms with Gasteiger partial charge in [0.25, 0.3) is 0 Å². The average molecular weight is 248 g/mol. The van der Waals surface area contributed by atoms with Crippen LogP contribution in [-0.2, 0) is 4.79 Å². The highest BCUT2D eigenvalue weighted by atomic mass is 16.2. The summed E-state index contributed by atoms with van der Waals surface area (Å²) in [7, 11) is 1.88. The molecule has 0 aromatic carbocycles. The van der Waals surface area contributed by atoms with E-state index in [-0.39, 0.29) is 5.91 Å². The first-order chi connectivity index (χ1) is 8.68. The van der Waals surface area contributed by atoms with E-state index < -0.39 is 5.41 Å². The van der Waals surface area contributed by atoms with Crippen molar-refractivity contribution in [1.29, 1.82) is 5.26 Å². The molecule has 2 aliphatic carbocycles. The summed E-state index contributed by atoms with van der Waals surface area (Å²) < 4.78 is 0. The Bertz CT molecular complexity index is 333. The first-order valence-corrected chi connectivity index (χ1v) is 7.35. The van der Waals surface area contributed by atoms with E-state index in [1.54, 1.807) is 0 Å². The topological polar surface area (TPSA) is 44.1 Å². The number of hydrogen-bond donors (Lipinski definition) is 0. The maximum Gasteiger partial charge on any atom is 0.242 e. The number of nitrogens with zero attached hydrogens (tertiary/aromatic N) is 2. The fraction of sp³-hybridized carbons (Fsp3) is 0.867. The second kappa shape index (κ2) is 5.73. The highest BCUT2D eigenvalue weighted by molar-refractivity contribution is 5.85. The van der Waals surface area contributed by atoms with Gasteiger partial charge in [0.1, 0.15) is 5.41 Å². The zero-order valence-electron chi connectivity index (χ0n) is 11.5. The van der Waals surface area contributed by atoms with E-state index in [4.69, 9.17) is 0 Å². The third-order valence-electron chi connectivity index (χ3n) is 4.68. The van der Waals surface area contributed by atoms with Gasteiger partial charge in [-0.3, -0.25) is 4.79 Å². The standard InChI is InChI=1S/C15H24N2O/c1-17(11-13-7-3-4-8-13)14(18)15(12-16)9-5-2-6-10-15/h13H,2-11H2,1H3. The van der Waals surface area contributed by atoms with Crippen LogP contribution < -0.4 is 0 Å². The Hall–Kier alpha value is -1.04. The van der Waals surface area contributed by atoms with Gasteiger partial charge in [-0.15, -0.1) is 0 Å². The number of carbonyl (C=O) groups is 1. The van der Waals surface area contributed by atoms with Crippen LogP contribution >= 0.6 is 0 Å². The van der Waals surface area contributed by atoms with Crippen molar-refractivity contribution in [3.63, 3.8) is 0 Å². The molecule has 0 aromatic rings. The molecule has 2 aliphatic rings. The molecule has 3 heteroatoms. The van der Waals surface area contributed by atoms with Gasteiger partial charge in [-0.2, -0.15) is 5.26 Å². The van der Waals surface area contributed by atoms with E-state index in [2.05, 4.69) is 6.07 Å². The molecule has 1 amide bonds. The monoisotopic (exact) mass is 248 g/mol. The molecule has 18 heavy (non-hydrogen) atoms. The van der Waals surface area contributed by atoms with Crippen LogP contribution in [0.2, 0.25) is 0 Å². The van der Waals surface area contributed by atoms with E-state index >= 15 is 0 Å². The van der Waals surface area contributed by atoms with E-state index in [0.29, 0.717) is 5.92 Å². The Morgan fingerprint density at radius 1 is 1.22 bits per heavy atom. The zero-order valence-corrected chi connectivity index (χ0v) is 11.5. The predicted octanol–water partition coefficient (Wildman–Crippen LogP) is 3.11. The highest BCUT2D eigenvalue weighted by Crippen LogP contribution is 2.37. The van der Waals surface area contributed by atoms with Crippen LogP contribution in [0.15, 0.2) is 0 Å². The Morgan fingerprint density at radius 3 is 2.39 bits per heavy atom. The molecule has 0 atom stereocenters. The van der Waals surface area contributed by atoms with Crippen molar-refractivity contribution in [3.8, 4) is 6.07 Å². The van der Waals surface area contributed by atoms with E-state index in [9.17, 15) is 10.1 Å². The van der Waals surface area contributed by atoms with Crippen LogP contribution in [0.3, 0.4) is 0 Å². The van der Waals surface area contributed by atoms with Gasteiger partial charge in [-0.05, 0) is 31.6 Å². The lowest BCUT2D eigenvalue weighted by Crippen LogP contribution is -2.44. The average Bonchev–Trinajstić information content (AvgIpc) is 2.91. The first kappa shape index (κ1) is 13.4. The van der Waals surface area contributed by atoms with Gasteiger partial charge in [0.15, 0.2) is 0 Å². The largest absolute Gasteiger partial charge is 0.344 e. The third kappa shape index (κ3) is 2.68. The molecule has 0 heterocycles. The molecular formula is C15H24N2O. The molecule has 2 rings (SSSR count). The lowest BCUT2D eigenvalue weighted by atomic mass is 9.74. The highest BCUT2D eigenvalue weighted by Gasteiger charge is 2.41. The van der Waals surface area contributed by atoms with Gasteiger partial charge in [-0.1, -0.05) is 32.1 Å². The molecule has 0 N–H and O–H groups in total. The molecule has 0 aliphatic heterocycles. The minimum absolute atomic E-state index is 0.0802. The Balaban J connectivity index is 1.97. The third-order valence-corrected chi connectivity index (χ3v) is 4.68. The molecule has 2 fully saturated rings. The molecule has 3 nitrogen and oxygen atoms in total. The van der Waals surface area contributed by atoms with Crippen LogP contribution in [0.4, 0.5) is 0 Å². The summed E-state index contributed by atoms with van der Waals surface area (Å²) in [5.74, 6) is 0.745. The minimum Gasteiger partial charge on any atom is -0.344 e. The van der Waals surface area contributed by atoms with Gasteiger partial charge in [0.2, 0.25) is 5.91 Å². The number of hydrogen-bond acceptors (Lipinski definition) is 2. The van der Waals surface area contributed by atoms with E-state index in [0.717, 1.165) is 32.2 Å². The van der Waals surface area contributed by atoms with Crippen LogP contribution in [0.5, 0.6) is 0 Å². The Labute approximate surface area is 110 Å². The molecular weight excluding hydrogens is 224 g/mol. The van der Waals surface area contributed by atoms with Crippen molar-refractivity contribution in [2.24, 2.45) is 11.3 Å². The van der Waals surface area contributed by atoms with Gasteiger partial charge in [0.05, 0.1) is 6.07 Å². The van der Waals surface area contributed by atoms with Crippen LogP contribution in [0.1, 0.15) is 57.8 Å². The van der Waals surface area contributed by atoms with Crippen molar-refractivity contribution in [2.75, 3.05) is 13.6 Å². The molecule has 100 valence electrons. The molecule has 0 unspecified atom stereocenters. The van der Waals surface area contributed by atoms with Gasteiger partial charge >= 0.3 is 0 Å². The molecule has 0 bridgehead atoms. The Morgan fingerprint density at radius 2 is 1.83 bits per heavy atom. The normalized spacial score (nSPS) is 23.6. The minimum atomic E-state index is -0.703. The maximum absolute atomic E-state index is 12.5. The van der Waals surface area contributed by atoms with Crippen LogP contribution in [0, 0.1) is 22.7 Å². The summed E-state index contributed by atoms with van der Waals surface area (Å²) in [6.45, 7) is 0.849. The summed E-state index contributed by atoms with van der Waals surface area (Å²) in [6, 6.07) is 2.33. The van der Waals surface area contributed by atoms with Crippen molar-refractivity contribution in [1.82, 2.24) is 4.90 Å². The van der Waals surface area contributed by atoms with Crippen LogP contribution in [0.25, 0.3) is 0 Å². The van der Waals surface area contributed by atoms with Crippen molar-refractivity contribution in [3.05, 3.63) is 0 Å². The van der Waals surface area contributed by atoms with E-state index in [1.807, 2.05) is 11.9 Å². The SMILES string of the molecule is CN(CC1CCCC1)C(=O)C1(C#N)CCCCC1. The summed E-state index contributed by atoms with van der Waals surface area (Å²) in [5, 5.41) is 9.42. The zero-order chi connectivity index (χ0) is 13.0. The summed E-state index contributed by atoms with van der Waals surface area (Å²) >= 11 is 0. The number of nitriles is 1. The van der Waals surface area contributed by atoms with Gasteiger partial charge in [-0.25, -0.2) is 0 Å². The summed E-state index contributed by atoms with van der Waals surface area (Å²) in [5.41, 5.74) is -0.703. The second-order valence-corrected chi connectivity index (χ2v) is 6.09. The molecule has 0 radical (unpaired) electrons. The van der Waals surface area contributed by atoms with Crippen molar-refractivity contribution < 1.29 is 4.79 Å². The van der Waals surface area contributed by atoms with Crippen LogP contribution in [-0.4, -0.2) is 24.4 Å². The fourth-order valence-corrected chi connectivity index (χ4v) is 3.56. The lowest BCUT2D eigenvalue weighted by Gasteiger charge is -2.34. The quantitative estimate of drug-likeness (QED) is 0.770. The molecule has 2 saturated carbocycles. The smallest absolute Gasteiger partial charge is 0.242 e. The molecule has 0 saturated heterocycles. The number of carbonyl (C=O) groups excluding carboxylic acids is 1. The van der Waals surface area contributed by atoms with Gasteiger partial charge in [0, 0.05) is 13.6 Å². The van der Waals surface area contributed by atoms with E-state index in [1.165, 1.54) is 32.1 Å². The molecule has 0 aromatic heterocycles. The first-order valence-electron chi connectivity index (χ1n) is 7.35. The fourth-order valence-electron chi connectivity index (χ4n) is 3.56. The maximum atomic E-state index is 12.5. The predicted molar refractivity (Wildman–Crippen MR) is 70.7 cm³/mol. The van der Waals surface area contributed by atoms with Gasteiger partial charge < -0.3 is 4.90 Å².